The molecule has 6 heteroatoms. The van der Waals surface area contributed by atoms with Crippen molar-refractivity contribution >= 4 is 11.9 Å². The van der Waals surface area contributed by atoms with E-state index in [0.717, 1.165) is 12.8 Å². The van der Waals surface area contributed by atoms with E-state index in [1.807, 2.05) is 0 Å². The molecule has 0 bridgehead atoms. The zero-order chi connectivity index (χ0) is 15.8. The molecule has 126 valence electrons. The summed E-state index contributed by atoms with van der Waals surface area (Å²) in [6.07, 6.45) is 9.31. The van der Waals surface area contributed by atoms with Gasteiger partial charge in [-0.3, -0.25) is 4.79 Å². The Kier molecular flexibility index (Phi) is 6.96. The summed E-state index contributed by atoms with van der Waals surface area (Å²) >= 11 is 0. The summed E-state index contributed by atoms with van der Waals surface area (Å²) in [5.74, 6) is 0.621. The zero-order valence-electron chi connectivity index (χ0n) is 13.4. The normalized spacial score (nSPS) is 20.2. The van der Waals surface area contributed by atoms with Crippen LogP contribution in [-0.4, -0.2) is 37.1 Å². The maximum atomic E-state index is 11.7. The van der Waals surface area contributed by atoms with E-state index in [2.05, 4.69) is 16.0 Å². The fourth-order valence-electron chi connectivity index (χ4n) is 2.95. The van der Waals surface area contributed by atoms with Crippen LogP contribution in [0.4, 0.5) is 4.79 Å². The summed E-state index contributed by atoms with van der Waals surface area (Å²) in [7, 11) is 0. The lowest BCUT2D eigenvalue weighted by Crippen LogP contribution is -2.43. The Morgan fingerprint density at radius 1 is 1.05 bits per heavy atom. The van der Waals surface area contributed by atoms with Crippen LogP contribution >= 0.6 is 0 Å². The predicted molar refractivity (Wildman–Crippen MR) is 86.4 cm³/mol. The fourth-order valence-corrected chi connectivity index (χ4v) is 2.95. The molecule has 0 aromatic heterocycles. The Morgan fingerprint density at radius 3 is 2.45 bits per heavy atom. The molecule has 22 heavy (non-hydrogen) atoms. The Labute approximate surface area is 133 Å². The first-order valence-corrected chi connectivity index (χ1v) is 8.72. The summed E-state index contributed by atoms with van der Waals surface area (Å²) in [5.41, 5.74) is 5.93. The Morgan fingerprint density at radius 2 is 1.77 bits per heavy atom. The van der Waals surface area contributed by atoms with Crippen molar-refractivity contribution in [1.82, 2.24) is 16.0 Å². The molecule has 0 radical (unpaired) electrons. The van der Waals surface area contributed by atoms with Crippen LogP contribution in [0.15, 0.2) is 0 Å². The van der Waals surface area contributed by atoms with Gasteiger partial charge in [0.15, 0.2) is 0 Å². The molecule has 2 aliphatic carbocycles. The Hall–Kier alpha value is -1.30. The van der Waals surface area contributed by atoms with E-state index in [-0.39, 0.29) is 18.0 Å². The molecule has 2 fully saturated rings. The van der Waals surface area contributed by atoms with Crippen molar-refractivity contribution in [2.45, 2.75) is 69.9 Å². The van der Waals surface area contributed by atoms with Crippen LogP contribution in [0.2, 0.25) is 0 Å². The minimum atomic E-state index is -0.108. The fraction of sp³-hybridized carbons (Fsp3) is 0.875. The van der Waals surface area contributed by atoms with Crippen molar-refractivity contribution < 1.29 is 9.59 Å². The first kappa shape index (κ1) is 17.1. The van der Waals surface area contributed by atoms with Gasteiger partial charge in [-0.1, -0.05) is 19.3 Å². The predicted octanol–water partition coefficient (Wildman–Crippen LogP) is 1.25. The molecule has 0 spiro atoms. The van der Waals surface area contributed by atoms with E-state index in [4.69, 9.17) is 5.73 Å². The van der Waals surface area contributed by atoms with Gasteiger partial charge in [-0.25, -0.2) is 4.79 Å². The average Bonchev–Trinajstić information content (AvgIpc) is 3.35. The average molecular weight is 310 g/mol. The summed E-state index contributed by atoms with van der Waals surface area (Å²) < 4.78 is 0. The van der Waals surface area contributed by atoms with Crippen molar-refractivity contribution in [3.05, 3.63) is 0 Å². The molecule has 0 saturated heterocycles. The molecule has 2 rings (SSSR count). The van der Waals surface area contributed by atoms with E-state index in [9.17, 15) is 9.59 Å². The number of urea groups is 1. The molecule has 3 amide bonds. The highest BCUT2D eigenvalue weighted by Gasteiger charge is 2.28. The third-order valence-electron chi connectivity index (χ3n) is 4.57. The second-order valence-electron chi connectivity index (χ2n) is 6.64. The smallest absolute Gasteiger partial charge is 0.315 e. The lowest BCUT2D eigenvalue weighted by Gasteiger charge is -2.22. The SMILES string of the molecule is NC(CNC(=O)CCCNC(=O)NC1CCCCC1)C1CC1. The molecule has 0 aromatic rings. The van der Waals surface area contributed by atoms with Crippen LogP contribution in [0.1, 0.15) is 57.8 Å². The minimum absolute atomic E-state index is 0.0191. The lowest BCUT2D eigenvalue weighted by atomic mass is 9.96. The third-order valence-corrected chi connectivity index (χ3v) is 4.57. The van der Waals surface area contributed by atoms with Gasteiger partial charge < -0.3 is 21.7 Å². The van der Waals surface area contributed by atoms with E-state index < -0.39 is 0 Å². The van der Waals surface area contributed by atoms with Crippen LogP contribution in [0.3, 0.4) is 0 Å². The highest BCUT2D eigenvalue weighted by molar-refractivity contribution is 5.76. The van der Waals surface area contributed by atoms with Crippen LogP contribution < -0.4 is 21.7 Å². The number of carbonyl (C=O) groups excluding carboxylic acids is 2. The number of nitrogens with two attached hydrogens (primary N) is 1. The van der Waals surface area contributed by atoms with Gasteiger partial charge in [0.25, 0.3) is 0 Å². The van der Waals surface area contributed by atoms with Gasteiger partial charge in [0.05, 0.1) is 0 Å². The van der Waals surface area contributed by atoms with Crippen LogP contribution in [0.5, 0.6) is 0 Å². The van der Waals surface area contributed by atoms with Crippen molar-refractivity contribution in [3.8, 4) is 0 Å². The maximum absolute atomic E-state index is 11.7. The summed E-state index contributed by atoms with van der Waals surface area (Å²) in [4.78, 5) is 23.4. The number of nitrogens with one attached hydrogen (secondary N) is 3. The van der Waals surface area contributed by atoms with Gasteiger partial charge in [0.1, 0.15) is 0 Å². The van der Waals surface area contributed by atoms with Crippen LogP contribution in [-0.2, 0) is 4.79 Å². The molecule has 1 atom stereocenters. The van der Waals surface area contributed by atoms with Gasteiger partial charge in [-0.2, -0.15) is 0 Å². The Bertz CT molecular complexity index is 365. The molecule has 6 nitrogen and oxygen atoms in total. The lowest BCUT2D eigenvalue weighted by molar-refractivity contribution is -0.121. The first-order chi connectivity index (χ1) is 10.6. The molecule has 0 heterocycles. The molecule has 0 aliphatic heterocycles. The van der Waals surface area contributed by atoms with E-state index in [1.54, 1.807) is 0 Å². The largest absolute Gasteiger partial charge is 0.355 e. The molecule has 5 N–H and O–H groups in total. The van der Waals surface area contributed by atoms with Gasteiger partial charge in [-0.15, -0.1) is 0 Å². The number of rotatable bonds is 8. The van der Waals surface area contributed by atoms with Gasteiger partial charge in [-0.05, 0) is 38.0 Å². The monoisotopic (exact) mass is 310 g/mol. The van der Waals surface area contributed by atoms with Crippen molar-refractivity contribution in [2.75, 3.05) is 13.1 Å². The highest BCUT2D eigenvalue weighted by atomic mass is 16.2. The third kappa shape index (κ3) is 6.64. The zero-order valence-corrected chi connectivity index (χ0v) is 13.4. The topological polar surface area (TPSA) is 96.2 Å². The van der Waals surface area contributed by atoms with Gasteiger partial charge in [0, 0.05) is 31.6 Å². The standard InChI is InChI=1S/C16H30N4O2/c17-14(12-8-9-12)11-19-15(21)7-4-10-18-16(22)20-13-5-2-1-3-6-13/h12-14H,1-11,17H2,(H,19,21)(H2,18,20,22). The minimum Gasteiger partial charge on any atom is -0.355 e. The quantitative estimate of drug-likeness (QED) is 0.508. The molecule has 2 aliphatic rings. The number of hydrogen-bond donors (Lipinski definition) is 4. The van der Waals surface area contributed by atoms with E-state index in [0.29, 0.717) is 37.9 Å². The van der Waals surface area contributed by atoms with Gasteiger partial charge >= 0.3 is 6.03 Å². The number of amides is 3. The van der Waals surface area contributed by atoms with Crippen molar-refractivity contribution in [1.29, 1.82) is 0 Å². The Balaban J connectivity index is 1.45. The summed E-state index contributed by atoms with van der Waals surface area (Å²) in [6, 6.07) is 0.312. The molecule has 2 saturated carbocycles. The second-order valence-corrected chi connectivity index (χ2v) is 6.64. The maximum Gasteiger partial charge on any atom is 0.315 e. The van der Waals surface area contributed by atoms with Crippen LogP contribution in [0, 0.1) is 5.92 Å². The summed E-state index contributed by atoms with van der Waals surface area (Å²) in [5, 5.41) is 8.69. The molecule has 0 aromatic carbocycles. The van der Waals surface area contributed by atoms with Crippen LogP contribution in [0.25, 0.3) is 0 Å². The highest BCUT2D eigenvalue weighted by Crippen LogP contribution is 2.31. The van der Waals surface area contributed by atoms with Gasteiger partial charge in [0.2, 0.25) is 5.91 Å². The molecule has 1 unspecified atom stereocenters. The number of hydrogen-bond acceptors (Lipinski definition) is 3. The van der Waals surface area contributed by atoms with Crippen molar-refractivity contribution in [3.63, 3.8) is 0 Å². The van der Waals surface area contributed by atoms with Crippen molar-refractivity contribution in [2.24, 2.45) is 11.7 Å². The number of carbonyl (C=O) groups is 2. The summed E-state index contributed by atoms with van der Waals surface area (Å²) in [6.45, 7) is 1.10. The van der Waals surface area contributed by atoms with E-state index >= 15 is 0 Å². The first-order valence-electron chi connectivity index (χ1n) is 8.72. The van der Waals surface area contributed by atoms with E-state index in [1.165, 1.54) is 32.1 Å². The second kappa shape index (κ2) is 8.98. The molecular formula is C16H30N4O2. The molecular weight excluding hydrogens is 280 g/mol.